The molecule has 0 saturated heterocycles. The zero-order valence-electron chi connectivity index (χ0n) is 18.8. The molecule has 0 fully saturated rings. The van der Waals surface area contributed by atoms with Crippen molar-refractivity contribution < 1.29 is 4.79 Å². The van der Waals surface area contributed by atoms with Crippen LogP contribution in [-0.2, 0) is 17.8 Å². The summed E-state index contributed by atoms with van der Waals surface area (Å²) in [6, 6.07) is 17.0. The number of nitrogen functional groups attached to an aromatic ring is 1. The normalized spacial score (nSPS) is 11.0. The number of H-pyrrole nitrogens is 1. The van der Waals surface area contributed by atoms with Gasteiger partial charge in [0.25, 0.3) is 5.56 Å². The van der Waals surface area contributed by atoms with Crippen molar-refractivity contribution in [2.75, 3.05) is 17.2 Å². The summed E-state index contributed by atoms with van der Waals surface area (Å²) in [5.41, 5.74) is 7.87. The molecule has 2 aromatic carbocycles. The standard InChI is InChI=1S/C25H30N4O3/c1-17(2)13-14-28(21(30)15-20-12-8-7-9-18(20)3)22-23(26)29(25(32)27-24(22)31)16-19-10-5-4-6-11-19/h4-12,17H,13-16,26H2,1-3H3,(H,27,31,32). The van der Waals surface area contributed by atoms with E-state index in [0.717, 1.165) is 16.7 Å². The second-order valence-electron chi connectivity index (χ2n) is 8.40. The Bertz CT molecular complexity index is 1200. The lowest BCUT2D eigenvalue weighted by Gasteiger charge is -2.25. The maximum Gasteiger partial charge on any atom is 0.330 e. The van der Waals surface area contributed by atoms with Gasteiger partial charge >= 0.3 is 5.69 Å². The number of aryl methyl sites for hydroxylation is 1. The second kappa shape index (κ2) is 10.1. The van der Waals surface area contributed by atoms with E-state index in [1.54, 1.807) is 0 Å². The molecule has 1 heterocycles. The van der Waals surface area contributed by atoms with Crippen LogP contribution >= 0.6 is 0 Å². The molecule has 7 heteroatoms. The van der Waals surface area contributed by atoms with Gasteiger partial charge in [-0.3, -0.25) is 19.1 Å². The van der Waals surface area contributed by atoms with E-state index in [-0.39, 0.29) is 30.4 Å². The van der Waals surface area contributed by atoms with Gasteiger partial charge in [0.15, 0.2) is 5.69 Å². The van der Waals surface area contributed by atoms with E-state index in [9.17, 15) is 14.4 Å². The van der Waals surface area contributed by atoms with Crippen molar-refractivity contribution >= 4 is 17.4 Å². The van der Waals surface area contributed by atoms with Crippen molar-refractivity contribution in [2.24, 2.45) is 5.92 Å². The highest BCUT2D eigenvalue weighted by atomic mass is 16.2. The minimum atomic E-state index is -0.654. The number of benzene rings is 2. The lowest BCUT2D eigenvalue weighted by molar-refractivity contribution is -0.118. The number of anilines is 2. The van der Waals surface area contributed by atoms with Gasteiger partial charge in [0.1, 0.15) is 5.82 Å². The smallest absolute Gasteiger partial charge is 0.330 e. The molecule has 0 saturated carbocycles. The molecule has 0 unspecified atom stereocenters. The van der Waals surface area contributed by atoms with Gasteiger partial charge in [-0.1, -0.05) is 68.4 Å². The van der Waals surface area contributed by atoms with Crippen molar-refractivity contribution in [1.82, 2.24) is 9.55 Å². The molecule has 0 bridgehead atoms. The fourth-order valence-corrected chi connectivity index (χ4v) is 3.58. The lowest BCUT2D eigenvalue weighted by atomic mass is 10.0. The van der Waals surface area contributed by atoms with E-state index in [4.69, 9.17) is 5.73 Å². The van der Waals surface area contributed by atoms with Crippen LogP contribution < -0.4 is 21.9 Å². The highest BCUT2D eigenvalue weighted by molar-refractivity contribution is 5.96. The molecule has 1 aromatic heterocycles. The first kappa shape index (κ1) is 23.1. The van der Waals surface area contributed by atoms with Gasteiger partial charge in [-0.05, 0) is 36.0 Å². The van der Waals surface area contributed by atoms with E-state index in [1.165, 1.54) is 9.47 Å². The molecule has 168 valence electrons. The van der Waals surface area contributed by atoms with Crippen LogP contribution in [0.2, 0.25) is 0 Å². The summed E-state index contributed by atoms with van der Waals surface area (Å²) < 4.78 is 1.30. The minimum absolute atomic E-state index is 0.00973. The van der Waals surface area contributed by atoms with Gasteiger partial charge in [0.2, 0.25) is 5.91 Å². The van der Waals surface area contributed by atoms with Crippen LogP contribution in [-0.4, -0.2) is 22.0 Å². The van der Waals surface area contributed by atoms with Crippen LogP contribution in [0.4, 0.5) is 11.5 Å². The van der Waals surface area contributed by atoms with Crippen molar-refractivity contribution in [3.05, 3.63) is 92.1 Å². The average Bonchev–Trinajstić information content (AvgIpc) is 2.75. The number of nitrogens with zero attached hydrogens (tertiary/aromatic N) is 2. The number of nitrogens with one attached hydrogen (secondary N) is 1. The first-order valence-corrected chi connectivity index (χ1v) is 10.8. The van der Waals surface area contributed by atoms with E-state index in [2.05, 4.69) is 4.98 Å². The highest BCUT2D eigenvalue weighted by Crippen LogP contribution is 2.21. The Morgan fingerprint density at radius 1 is 1.06 bits per heavy atom. The molecule has 0 aliphatic carbocycles. The lowest BCUT2D eigenvalue weighted by Crippen LogP contribution is -2.42. The van der Waals surface area contributed by atoms with E-state index >= 15 is 0 Å². The summed E-state index contributed by atoms with van der Waals surface area (Å²) in [7, 11) is 0. The van der Waals surface area contributed by atoms with Gasteiger partial charge in [-0.25, -0.2) is 4.79 Å². The molecule has 0 radical (unpaired) electrons. The van der Waals surface area contributed by atoms with Crippen molar-refractivity contribution in [1.29, 1.82) is 0 Å². The molecular formula is C25H30N4O3. The number of carbonyl (C=O) groups excluding carboxylic acids is 1. The Hall–Kier alpha value is -3.61. The topological polar surface area (TPSA) is 101 Å². The number of hydrogen-bond acceptors (Lipinski definition) is 4. The predicted molar refractivity (Wildman–Crippen MR) is 128 cm³/mol. The number of hydrogen-bond donors (Lipinski definition) is 2. The molecule has 32 heavy (non-hydrogen) atoms. The van der Waals surface area contributed by atoms with Crippen molar-refractivity contribution in [3.63, 3.8) is 0 Å². The molecule has 3 aromatic rings. The molecule has 3 N–H and O–H groups in total. The third kappa shape index (κ3) is 5.35. The Morgan fingerprint density at radius 2 is 1.72 bits per heavy atom. The zero-order valence-corrected chi connectivity index (χ0v) is 18.8. The number of carbonyl (C=O) groups is 1. The summed E-state index contributed by atoms with van der Waals surface area (Å²) in [4.78, 5) is 42.5. The fourth-order valence-electron chi connectivity index (χ4n) is 3.58. The Labute approximate surface area is 187 Å². The van der Waals surface area contributed by atoms with Gasteiger partial charge in [-0.15, -0.1) is 0 Å². The molecule has 0 spiro atoms. The summed E-state index contributed by atoms with van der Waals surface area (Å²) in [6.45, 7) is 6.57. The van der Waals surface area contributed by atoms with Crippen LogP contribution in [0, 0.1) is 12.8 Å². The Balaban J connectivity index is 2.04. The van der Waals surface area contributed by atoms with Crippen LogP contribution in [0.3, 0.4) is 0 Å². The largest absolute Gasteiger partial charge is 0.383 e. The van der Waals surface area contributed by atoms with Gasteiger partial charge < -0.3 is 10.6 Å². The summed E-state index contributed by atoms with van der Waals surface area (Å²) in [5.74, 6) is 0.0749. The molecule has 0 aliphatic rings. The third-order valence-electron chi connectivity index (χ3n) is 5.50. The molecule has 0 atom stereocenters. The van der Waals surface area contributed by atoms with E-state index in [1.807, 2.05) is 75.4 Å². The number of rotatable bonds is 8. The first-order valence-electron chi connectivity index (χ1n) is 10.8. The summed E-state index contributed by atoms with van der Waals surface area (Å²) >= 11 is 0. The third-order valence-corrected chi connectivity index (χ3v) is 5.50. The number of aromatic amines is 1. The monoisotopic (exact) mass is 434 g/mol. The van der Waals surface area contributed by atoms with Gasteiger partial charge in [-0.2, -0.15) is 0 Å². The van der Waals surface area contributed by atoms with Crippen LogP contribution in [0.25, 0.3) is 0 Å². The van der Waals surface area contributed by atoms with Crippen molar-refractivity contribution in [2.45, 2.75) is 40.2 Å². The average molecular weight is 435 g/mol. The highest BCUT2D eigenvalue weighted by Gasteiger charge is 2.25. The molecule has 1 amide bonds. The SMILES string of the molecule is Cc1ccccc1CC(=O)N(CCC(C)C)c1c(N)n(Cc2ccccc2)c(=O)[nH]c1=O. The van der Waals surface area contributed by atoms with E-state index < -0.39 is 11.2 Å². The minimum Gasteiger partial charge on any atom is -0.383 e. The second-order valence-corrected chi connectivity index (χ2v) is 8.40. The maximum atomic E-state index is 13.4. The molecule has 7 nitrogen and oxygen atoms in total. The predicted octanol–water partition coefficient (Wildman–Crippen LogP) is 3.10. The first-order chi connectivity index (χ1) is 15.3. The molecular weight excluding hydrogens is 404 g/mol. The Morgan fingerprint density at radius 3 is 2.38 bits per heavy atom. The van der Waals surface area contributed by atoms with Crippen molar-refractivity contribution in [3.8, 4) is 0 Å². The summed E-state index contributed by atoms with van der Waals surface area (Å²) in [6.07, 6.45) is 0.831. The van der Waals surface area contributed by atoms with Crippen LogP contribution in [0.15, 0.2) is 64.2 Å². The maximum absolute atomic E-state index is 13.4. The van der Waals surface area contributed by atoms with Gasteiger partial charge in [0.05, 0.1) is 13.0 Å². The van der Waals surface area contributed by atoms with Crippen LogP contribution in [0.1, 0.15) is 37.0 Å². The summed E-state index contributed by atoms with van der Waals surface area (Å²) in [5, 5.41) is 0. The van der Waals surface area contributed by atoms with Gasteiger partial charge in [0, 0.05) is 6.54 Å². The molecule has 3 rings (SSSR count). The number of aromatic nitrogens is 2. The quantitative estimate of drug-likeness (QED) is 0.569. The Kier molecular flexibility index (Phi) is 7.30. The number of amides is 1. The van der Waals surface area contributed by atoms with Crippen LogP contribution in [0.5, 0.6) is 0 Å². The fraction of sp³-hybridized carbons (Fsp3) is 0.320. The zero-order chi connectivity index (χ0) is 23.3. The number of nitrogens with two attached hydrogens (primary N) is 1. The van der Waals surface area contributed by atoms with E-state index in [0.29, 0.717) is 18.9 Å². The molecule has 0 aliphatic heterocycles.